The van der Waals surface area contributed by atoms with Crippen LogP contribution in [0.1, 0.15) is 41.6 Å². The van der Waals surface area contributed by atoms with Crippen molar-refractivity contribution < 1.29 is 14.0 Å². The number of nitrogens with one attached hydrogen (secondary N) is 1. The predicted molar refractivity (Wildman–Crippen MR) is 103 cm³/mol. The number of amides is 2. The molecule has 3 rings (SSSR count). The van der Waals surface area contributed by atoms with Crippen LogP contribution in [0.2, 0.25) is 5.02 Å². The normalized spacial score (nSPS) is 13.3. The van der Waals surface area contributed by atoms with E-state index in [1.807, 2.05) is 6.07 Å². The molecule has 0 heterocycles. The molecule has 0 bridgehead atoms. The van der Waals surface area contributed by atoms with Crippen LogP contribution >= 0.6 is 11.6 Å². The second kappa shape index (κ2) is 9.00. The fourth-order valence-corrected chi connectivity index (χ4v) is 3.16. The molecule has 1 aliphatic rings. The van der Waals surface area contributed by atoms with Crippen molar-refractivity contribution in [3.8, 4) is 0 Å². The summed E-state index contributed by atoms with van der Waals surface area (Å²) in [5.74, 6) is -0.581. The highest BCUT2D eigenvalue weighted by Crippen LogP contribution is 2.31. The quantitative estimate of drug-likeness (QED) is 0.689. The number of carbonyl (C=O) groups excluding carboxylic acids is 2. The minimum atomic E-state index is -0.393. The van der Waals surface area contributed by atoms with Crippen LogP contribution in [0.4, 0.5) is 4.39 Å². The Morgan fingerprint density at radius 1 is 1.11 bits per heavy atom. The van der Waals surface area contributed by atoms with Gasteiger partial charge in [0.15, 0.2) is 0 Å². The minimum Gasteiger partial charge on any atom is -0.352 e. The van der Waals surface area contributed by atoms with E-state index in [2.05, 4.69) is 5.32 Å². The highest BCUT2D eigenvalue weighted by molar-refractivity contribution is 6.31. The summed E-state index contributed by atoms with van der Waals surface area (Å²) in [5.41, 5.74) is 0.953. The molecular formula is C21H22ClFN2O2. The number of benzene rings is 2. The lowest BCUT2D eigenvalue weighted by molar-refractivity contribution is -0.132. The van der Waals surface area contributed by atoms with Crippen LogP contribution < -0.4 is 5.32 Å². The number of carbonyl (C=O) groups is 2. The van der Waals surface area contributed by atoms with Crippen molar-refractivity contribution in [1.29, 1.82) is 0 Å². The number of hydrogen-bond acceptors (Lipinski definition) is 2. The van der Waals surface area contributed by atoms with Gasteiger partial charge in [0.2, 0.25) is 5.91 Å². The van der Waals surface area contributed by atoms with Gasteiger partial charge in [-0.2, -0.15) is 0 Å². The molecule has 1 saturated carbocycles. The Labute approximate surface area is 163 Å². The Balaban J connectivity index is 1.50. The Hall–Kier alpha value is -2.40. The summed E-state index contributed by atoms with van der Waals surface area (Å²) in [6, 6.07) is 13.7. The molecule has 0 aromatic heterocycles. The maximum absolute atomic E-state index is 14.0. The summed E-state index contributed by atoms with van der Waals surface area (Å²) in [6.45, 7) is 0.601. The van der Waals surface area contributed by atoms with Gasteiger partial charge in [0.05, 0.1) is 6.54 Å². The van der Waals surface area contributed by atoms with Crippen LogP contribution in [0, 0.1) is 5.82 Å². The van der Waals surface area contributed by atoms with Gasteiger partial charge in [-0.15, -0.1) is 0 Å². The van der Waals surface area contributed by atoms with Crippen LogP contribution in [0.5, 0.6) is 0 Å². The van der Waals surface area contributed by atoms with E-state index in [0.717, 1.165) is 12.8 Å². The van der Waals surface area contributed by atoms with E-state index in [-0.39, 0.29) is 24.4 Å². The van der Waals surface area contributed by atoms with Crippen LogP contribution in [0.3, 0.4) is 0 Å². The molecule has 0 radical (unpaired) electrons. The summed E-state index contributed by atoms with van der Waals surface area (Å²) in [5, 5.41) is 3.15. The zero-order valence-corrected chi connectivity index (χ0v) is 15.7. The molecule has 142 valence electrons. The van der Waals surface area contributed by atoms with Crippen molar-refractivity contribution in [1.82, 2.24) is 10.2 Å². The van der Waals surface area contributed by atoms with E-state index < -0.39 is 5.82 Å². The summed E-state index contributed by atoms with van der Waals surface area (Å²) in [7, 11) is 0. The molecule has 2 amide bonds. The third-order valence-electron chi connectivity index (χ3n) is 4.59. The monoisotopic (exact) mass is 388 g/mol. The Kier molecular flexibility index (Phi) is 6.45. The van der Waals surface area contributed by atoms with Gasteiger partial charge in [-0.05, 0) is 43.5 Å². The zero-order chi connectivity index (χ0) is 19.2. The zero-order valence-electron chi connectivity index (χ0n) is 15.0. The lowest BCUT2D eigenvalue weighted by Crippen LogP contribution is -2.33. The lowest BCUT2D eigenvalue weighted by Gasteiger charge is -2.23. The minimum absolute atomic E-state index is 0.0363. The van der Waals surface area contributed by atoms with Crippen molar-refractivity contribution in [3.05, 3.63) is 70.5 Å². The number of rotatable bonds is 8. The Morgan fingerprint density at radius 3 is 2.52 bits per heavy atom. The summed E-state index contributed by atoms with van der Waals surface area (Å²) in [6.07, 6.45) is 2.70. The van der Waals surface area contributed by atoms with E-state index in [0.29, 0.717) is 35.5 Å². The van der Waals surface area contributed by atoms with Gasteiger partial charge in [-0.25, -0.2) is 4.39 Å². The average molecular weight is 389 g/mol. The molecule has 0 unspecified atom stereocenters. The second-order valence-corrected chi connectivity index (χ2v) is 7.09. The van der Waals surface area contributed by atoms with Gasteiger partial charge in [-0.3, -0.25) is 9.59 Å². The first-order valence-electron chi connectivity index (χ1n) is 9.12. The van der Waals surface area contributed by atoms with Crippen molar-refractivity contribution in [2.45, 2.75) is 38.3 Å². The second-order valence-electron chi connectivity index (χ2n) is 6.68. The molecule has 2 aromatic rings. The standard InChI is InChI=1S/C21H22ClFN2O2/c22-18-8-4-9-19(23)17(18)14-25(16-11-12-16)20(26)10-5-13-24-21(27)15-6-2-1-3-7-15/h1-4,6-9,16H,5,10-14H2,(H,24,27). The van der Waals surface area contributed by atoms with Gasteiger partial charge in [0, 0.05) is 35.2 Å². The molecule has 0 aliphatic heterocycles. The largest absolute Gasteiger partial charge is 0.352 e. The van der Waals surface area contributed by atoms with Crippen LogP contribution in [0.25, 0.3) is 0 Å². The molecule has 2 aromatic carbocycles. The fraction of sp³-hybridized carbons (Fsp3) is 0.333. The van der Waals surface area contributed by atoms with E-state index in [1.54, 1.807) is 41.3 Å². The molecule has 27 heavy (non-hydrogen) atoms. The first kappa shape index (κ1) is 19.4. The molecule has 0 spiro atoms. The highest BCUT2D eigenvalue weighted by Gasteiger charge is 2.33. The van der Waals surface area contributed by atoms with Gasteiger partial charge < -0.3 is 10.2 Å². The Bertz CT molecular complexity index is 789. The van der Waals surface area contributed by atoms with Crippen molar-refractivity contribution in [2.75, 3.05) is 6.54 Å². The highest BCUT2D eigenvalue weighted by atomic mass is 35.5. The molecular weight excluding hydrogens is 367 g/mol. The predicted octanol–water partition coefficient (Wildman–Crippen LogP) is 4.18. The molecule has 0 saturated heterocycles. The van der Waals surface area contributed by atoms with E-state index in [1.165, 1.54) is 6.07 Å². The van der Waals surface area contributed by atoms with Gasteiger partial charge in [-0.1, -0.05) is 35.9 Å². The topological polar surface area (TPSA) is 49.4 Å². The van der Waals surface area contributed by atoms with Crippen LogP contribution in [0.15, 0.2) is 48.5 Å². The summed E-state index contributed by atoms with van der Waals surface area (Å²) >= 11 is 6.10. The first-order chi connectivity index (χ1) is 13.1. The van der Waals surface area contributed by atoms with Gasteiger partial charge in [0.1, 0.15) is 5.82 Å². The molecule has 6 heteroatoms. The van der Waals surface area contributed by atoms with Crippen molar-refractivity contribution in [2.24, 2.45) is 0 Å². The number of nitrogens with zero attached hydrogens (tertiary/aromatic N) is 1. The average Bonchev–Trinajstić information content (AvgIpc) is 3.50. The van der Waals surface area contributed by atoms with Crippen molar-refractivity contribution >= 4 is 23.4 Å². The molecule has 0 atom stereocenters. The van der Waals surface area contributed by atoms with E-state index >= 15 is 0 Å². The Morgan fingerprint density at radius 2 is 1.85 bits per heavy atom. The first-order valence-corrected chi connectivity index (χ1v) is 9.49. The van der Waals surface area contributed by atoms with E-state index in [4.69, 9.17) is 11.6 Å². The van der Waals surface area contributed by atoms with Crippen LogP contribution in [-0.4, -0.2) is 29.3 Å². The van der Waals surface area contributed by atoms with Crippen LogP contribution in [-0.2, 0) is 11.3 Å². The smallest absolute Gasteiger partial charge is 0.251 e. The summed E-state index contributed by atoms with van der Waals surface area (Å²) < 4.78 is 14.0. The number of hydrogen-bond donors (Lipinski definition) is 1. The summed E-state index contributed by atoms with van der Waals surface area (Å²) in [4.78, 5) is 26.3. The molecule has 1 aliphatic carbocycles. The third kappa shape index (κ3) is 5.30. The van der Waals surface area contributed by atoms with Gasteiger partial charge >= 0.3 is 0 Å². The molecule has 4 nitrogen and oxygen atoms in total. The molecule has 1 N–H and O–H groups in total. The lowest BCUT2D eigenvalue weighted by atomic mass is 10.1. The van der Waals surface area contributed by atoms with Crippen molar-refractivity contribution in [3.63, 3.8) is 0 Å². The fourth-order valence-electron chi connectivity index (χ4n) is 2.94. The number of halogens is 2. The molecule has 1 fully saturated rings. The third-order valence-corrected chi connectivity index (χ3v) is 4.94. The van der Waals surface area contributed by atoms with Gasteiger partial charge in [0.25, 0.3) is 5.91 Å². The maximum atomic E-state index is 14.0. The SMILES string of the molecule is O=C(NCCCC(=O)N(Cc1c(F)cccc1Cl)C1CC1)c1ccccc1. The maximum Gasteiger partial charge on any atom is 0.251 e. The van der Waals surface area contributed by atoms with E-state index in [9.17, 15) is 14.0 Å².